The van der Waals surface area contributed by atoms with E-state index in [-0.39, 0.29) is 30.7 Å². The Morgan fingerprint density at radius 3 is 2.38 bits per heavy atom. The Balaban J connectivity index is 2.83. The number of aliphatic carboxylic acids is 1. The quantitative estimate of drug-likeness (QED) is 0.681. The zero-order chi connectivity index (χ0) is 18.3. The van der Waals surface area contributed by atoms with E-state index in [2.05, 4.69) is 10.6 Å². The van der Waals surface area contributed by atoms with Crippen LogP contribution in [-0.4, -0.2) is 28.9 Å². The van der Waals surface area contributed by atoms with Crippen molar-refractivity contribution in [3.05, 3.63) is 29.8 Å². The van der Waals surface area contributed by atoms with Crippen LogP contribution in [0.25, 0.3) is 0 Å². The summed E-state index contributed by atoms with van der Waals surface area (Å²) in [4.78, 5) is 35.4. The number of benzene rings is 1. The van der Waals surface area contributed by atoms with Gasteiger partial charge in [0.1, 0.15) is 0 Å². The van der Waals surface area contributed by atoms with Crippen LogP contribution in [0.1, 0.15) is 57.3 Å². The Bertz CT molecular complexity index is 611. The summed E-state index contributed by atoms with van der Waals surface area (Å²) >= 11 is 0. The maximum absolute atomic E-state index is 12.3. The van der Waals surface area contributed by atoms with Crippen LogP contribution in [0.4, 0.5) is 5.69 Å². The molecule has 0 bridgehead atoms. The van der Waals surface area contributed by atoms with Crippen LogP contribution in [0.3, 0.4) is 0 Å². The summed E-state index contributed by atoms with van der Waals surface area (Å²) in [6.45, 7) is 7.33. The SMILES string of the molecule is CCC(C)NC(=O)c1ccccc1NC(=O)CC(C)(C)CC(=O)O. The Morgan fingerprint density at radius 1 is 1.17 bits per heavy atom. The molecule has 2 amide bonds. The molecular formula is C18H26N2O4. The Kier molecular flexibility index (Phi) is 6.95. The fraction of sp³-hybridized carbons (Fsp3) is 0.500. The van der Waals surface area contributed by atoms with E-state index >= 15 is 0 Å². The topological polar surface area (TPSA) is 95.5 Å². The van der Waals surface area contributed by atoms with Crippen molar-refractivity contribution in [2.45, 2.75) is 53.0 Å². The molecule has 0 aliphatic rings. The van der Waals surface area contributed by atoms with E-state index in [1.165, 1.54) is 0 Å². The van der Waals surface area contributed by atoms with E-state index in [0.717, 1.165) is 6.42 Å². The number of rotatable bonds is 8. The van der Waals surface area contributed by atoms with Gasteiger partial charge in [0, 0.05) is 12.5 Å². The molecule has 0 saturated carbocycles. The molecule has 0 radical (unpaired) electrons. The molecule has 1 aromatic carbocycles. The second kappa shape index (κ2) is 8.47. The number of para-hydroxylation sites is 1. The highest BCUT2D eigenvalue weighted by atomic mass is 16.4. The minimum absolute atomic E-state index is 0.0377. The van der Waals surface area contributed by atoms with E-state index in [4.69, 9.17) is 5.11 Å². The van der Waals surface area contributed by atoms with Gasteiger partial charge in [-0.25, -0.2) is 0 Å². The van der Waals surface area contributed by atoms with Gasteiger partial charge in [0.2, 0.25) is 5.91 Å². The standard InChI is InChI=1S/C18H26N2O4/c1-5-12(2)19-17(24)13-8-6-7-9-14(13)20-15(21)10-18(3,4)11-16(22)23/h6-9,12H,5,10-11H2,1-4H3,(H,19,24)(H,20,21)(H,22,23). The second-order valence-corrected chi connectivity index (χ2v) is 6.79. The highest BCUT2D eigenvalue weighted by Crippen LogP contribution is 2.26. The summed E-state index contributed by atoms with van der Waals surface area (Å²) in [6.07, 6.45) is 0.765. The minimum atomic E-state index is -0.943. The molecule has 1 aromatic rings. The number of carboxylic acids is 1. The van der Waals surface area contributed by atoms with Gasteiger partial charge < -0.3 is 15.7 Å². The van der Waals surface area contributed by atoms with Crippen LogP contribution in [0.5, 0.6) is 0 Å². The normalized spacial score (nSPS) is 12.3. The van der Waals surface area contributed by atoms with Crippen LogP contribution in [0.15, 0.2) is 24.3 Å². The first-order chi connectivity index (χ1) is 11.1. The van der Waals surface area contributed by atoms with Gasteiger partial charge in [-0.3, -0.25) is 14.4 Å². The monoisotopic (exact) mass is 334 g/mol. The molecule has 6 heteroatoms. The lowest BCUT2D eigenvalue weighted by Gasteiger charge is -2.22. The molecule has 1 unspecified atom stereocenters. The first kappa shape index (κ1) is 19.7. The predicted octanol–water partition coefficient (Wildman–Crippen LogP) is 3.04. The third kappa shape index (κ3) is 6.40. The van der Waals surface area contributed by atoms with Crippen LogP contribution >= 0.6 is 0 Å². The predicted molar refractivity (Wildman–Crippen MR) is 92.9 cm³/mol. The molecule has 24 heavy (non-hydrogen) atoms. The van der Waals surface area contributed by atoms with Gasteiger partial charge in [0.05, 0.1) is 17.7 Å². The summed E-state index contributed by atoms with van der Waals surface area (Å²) in [5, 5.41) is 14.5. The smallest absolute Gasteiger partial charge is 0.303 e. The van der Waals surface area contributed by atoms with Crippen molar-refractivity contribution < 1.29 is 19.5 Å². The van der Waals surface area contributed by atoms with Crippen LogP contribution in [0.2, 0.25) is 0 Å². The van der Waals surface area contributed by atoms with E-state index in [1.54, 1.807) is 38.1 Å². The number of hydrogen-bond acceptors (Lipinski definition) is 3. The average Bonchev–Trinajstić information content (AvgIpc) is 2.45. The molecule has 3 N–H and O–H groups in total. The molecule has 0 heterocycles. The number of nitrogens with one attached hydrogen (secondary N) is 2. The lowest BCUT2D eigenvalue weighted by molar-refractivity contribution is -0.139. The summed E-state index contributed by atoms with van der Waals surface area (Å²) in [7, 11) is 0. The first-order valence-electron chi connectivity index (χ1n) is 8.06. The molecule has 0 aliphatic heterocycles. The van der Waals surface area contributed by atoms with Gasteiger partial charge in [0.15, 0.2) is 0 Å². The number of hydrogen-bond donors (Lipinski definition) is 3. The van der Waals surface area contributed by atoms with E-state index in [9.17, 15) is 14.4 Å². The average molecular weight is 334 g/mol. The van der Waals surface area contributed by atoms with Crippen molar-refractivity contribution in [2.75, 3.05) is 5.32 Å². The third-order valence-corrected chi connectivity index (χ3v) is 3.70. The lowest BCUT2D eigenvalue weighted by atomic mass is 9.85. The molecule has 0 aliphatic carbocycles. The van der Waals surface area contributed by atoms with Crippen LogP contribution < -0.4 is 10.6 Å². The van der Waals surface area contributed by atoms with Gasteiger partial charge in [-0.1, -0.05) is 32.9 Å². The third-order valence-electron chi connectivity index (χ3n) is 3.70. The maximum atomic E-state index is 12.3. The lowest BCUT2D eigenvalue weighted by Crippen LogP contribution is -2.33. The second-order valence-electron chi connectivity index (χ2n) is 6.79. The Morgan fingerprint density at radius 2 is 1.79 bits per heavy atom. The highest BCUT2D eigenvalue weighted by molar-refractivity contribution is 6.03. The molecule has 1 rings (SSSR count). The first-order valence-corrected chi connectivity index (χ1v) is 8.06. The van der Waals surface area contributed by atoms with Gasteiger partial charge in [-0.2, -0.15) is 0 Å². The number of carbonyl (C=O) groups excluding carboxylic acids is 2. The zero-order valence-electron chi connectivity index (χ0n) is 14.7. The molecular weight excluding hydrogens is 308 g/mol. The molecule has 0 fully saturated rings. The Labute approximate surface area is 142 Å². The van der Waals surface area contributed by atoms with Crippen LogP contribution in [0, 0.1) is 5.41 Å². The van der Waals surface area contributed by atoms with Gasteiger partial charge in [-0.05, 0) is 30.9 Å². The number of carbonyl (C=O) groups is 3. The van der Waals surface area contributed by atoms with Gasteiger partial charge in [0.25, 0.3) is 5.91 Å². The highest BCUT2D eigenvalue weighted by Gasteiger charge is 2.26. The zero-order valence-corrected chi connectivity index (χ0v) is 14.7. The molecule has 132 valence electrons. The molecule has 0 spiro atoms. The number of carboxylic acid groups (broad SMARTS) is 1. The molecule has 1 atom stereocenters. The van der Waals surface area contributed by atoms with Gasteiger partial charge in [-0.15, -0.1) is 0 Å². The molecule has 0 aromatic heterocycles. The fourth-order valence-electron chi connectivity index (χ4n) is 2.29. The molecule has 0 saturated heterocycles. The minimum Gasteiger partial charge on any atom is -0.481 e. The number of amides is 2. The van der Waals surface area contributed by atoms with Crippen molar-refractivity contribution in [1.29, 1.82) is 0 Å². The molecule has 6 nitrogen and oxygen atoms in total. The number of anilines is 1. The van der Waals surface area contributed by atoms with E-state index < -0.39 is 11.4 Å². The van der Waals surface area contributed by atoms with Crippen molar-refractivity contribution in [3.8, 4) is 0 Å². The summed E-state index contributed by atoms with van der Waals surface area (Å²) < 4.78 is 0. The largest absolute Gasteiger partial charge is 0.481 e. The van der Waals surface area contributed by atoms with Crippen molar-refractivity contribution in [1.82, 2.24) is 5.32 Å². The van der Waals surface area contributed by atoms with Crippen molar-refractivity contribution in [3.63, 3.8) is 0 Å². The summed E-state index contributed by atoms with van der Waals surface area (Å²) in [6, 6.07) is 6.81. The van der Waals surface area contributed by atoms with E-state index in [1.807, 2.05) is 13.8 Å². The van der Waals surface area contributed by atoms with Crippen molar-refractivity contribution >= 4 is 23.5 Å². The Hall–Kier alpha value is -2.37. The van der Waals surface area contributed by atoms with Crippen molar-refractivity contribution in [2.24, 2.45) is 5.41 Å². The maximum Gasteiger partial charge on any atom is 0.303 e. The van der Waals surface area contributed by atoms with E-state index in [0.29, 0.717) is 11.3 Å². The summed E-state index contributed by atoms with van der Waals surface area (Å²) in [5.74, 6) is -1.50. The van der Waals surface area contributed by atoms with Crippen LogP contribution in [-0.2, 0) is 9.59 Å². The summed E-state index contributed by atoms with van der Waals surface area (Å²) in [5.41, 5.74) is 0.153. The van der Waals surface area contributed by atoms with Gasteiger partial charge >= 0.3 is 5.97 Å². The fourth-order valence-corrected chi connectivity index (χ4v) is 2.29.